The zero-order chi connectivity index (χ0) is 13.8. The molecule has 0 radical (unpaired) electrons. The summed E-state index contributed by atoms with van der Waals surface area (Å²) in [6, 6.07) is -0.666. The number of amides is 1. The Bertz CT molecular complexity index is 312. The lowest BCUT2D eigenvalue weighted by Crippen LogP contribution is -2.56. The molecule has 0 aromatic carbocycles. The molecule has 1 N–H and O–H groups in total. The maximum atomic E-state index is 12.1. The lowest BCUT2D eigenvalue weighted by Gasteiger charge is -2.44. The minimum atomic E-state index is -0.872. The van der Waals surface area contributed by atoms with Gasteiger partial charge in [-0.1, -0.05) is 33.6 Å². The van der Waals surface area contributed by atoms with Crippen molar-refractivity contribution in [2.24, 2.45) is 5.41 Å². The quantitative estimate of drug-likeness (QED) is 0.768. The summed E-state index contributed by atoms with van der Waals surface area (Å²) in [5, 5.41) is 9.37. The summed E-state index contributed by atoms with van der Waals surface area (Å²) in [5.41, 5.74) is -0.329. The fourth-order valence-corrected chi connectivity index (χ4v) is 2.80. The van der Waals surface area contributed by atoms with Crippen LogP contribution in [0.5, 0.6) is 0 Å². The molecule has 0 aromatic rings. The van der Waals surface area contributed by atoms with Crippen molar-refractivity contribution in [2.45, 2.75) is 65.3 Å². The second kappa shape index (κ2) is 6.21. The van der Waals surface area contributed by atoms with Crippen LogP contribution in [-0.4, -0.2) is 34.5 Å². The van der Waals surface area contributed by atoms with Gasteiger partial charge < -0.3 is 10.0 Å². The summed E-state index contributed by atoms with van der Waals surface area (Å²) in [7, 11) is 0. The van der Waals surface area contributed by atoms with Gasteiger partial charge in [0.2, 0.25) is 5.91 Å². The third-order valence-corrected chi connectivity index (χ3v) is 3.82. The molecular formula is C14H25NO3. The first-order valence-corrected chi connectivity index (χ1v) is 6.92. The highest BCUT2D eigenvalue weighted by molar-refractivity contribution is 5.84. The minimum Gasteiger partial charge on any atom is -0.480 e. The first kappa shape index (κ1) is 15.0. The molecule has 104 valence electrons. The van der Waals surface area contributed by atoms with E-state index in [1.54, 1.807) is 4.90 Å². The maximum Gasteiger partial charge on any atom is 0.326 e. The molecule has 0 saturated carbocycles. The Kier molecular flexibility index (Phi) is 5.17. The van der Waals surface area contributed by atoms with Crippen LogP contribution in [0.2, 0.25) is 0 Å². The average molecular weight is 255 g/mol. The number of rotatable bonds is 5. The largest absolute Gasteiger partial charge is 0.480 e. The molecule has 1 unspecified atom stereocenters. The van der Waals surface area contributed by atoms with Crippen LogP contribution in [-0.2, 0) is 9.59 Å². The molecule has 0 aliphatic carbocycles. The number of hydrogen-bond donors (Lipinski definition) is 1. The van der Waals surface area contributed by atoms with E-state index in [-0.39, 0.29) is 11.3 Å². The van der Waals surface area contributed by atoms with E-state index in [1.165, 1.54) is 0 Å². The molecule has 4 heteroatoms. The van der Waals surface area contributed by atoms with E-state index in [2.05, 4.69) is 6.92 Å². The fraction of sp³-hybridized carbons (Fsp3) is 0.857. The molecule has 1 amide bonds. The van der Waals surface area contributed by atoms with Crippen molar-refractivity contribution in [1.29, 1.82) is 0 Å². The number of unbranched alkanes of at least 4 members (excludes halogenated alkanes) is 2. The molecule has 0 aromatic heterocycles. The van der Waals surface area contributed by atoms with Crippen LogP contribution in [0, 0.1) is 5.41 Å². The summed E-state index contributed by atoms with van der Waals surface area (Å²) < 4.78 is 0. The first-order chi connectivity index (χ1) is 8.40. The Hall–Kier alpha value is -1.06. The smallest absolute Gasteiger partial charge is 0.326 e. The highest BCUT2D eigenvalue weighted by Crippen LogP contribution is 2.35. The van der Waals surface area contributed by atoms with E-state index in [9.17, 15) is 14.7 Å². The molecule has 0 bridgehead atoms. The molecule has 1 rings (SSSR count). The molecule has 1 aliphatic heterocycles. The predicted octanol–water partition coefficient (Wildman–Crippen LogP) is 2.67. The van der Waals surface area contributed by atoms with Crippen molar-refractivity contribution >= 4 is 11.9 Å². The van der Waals surface area contributed by atoms with E-state index in [4.69, 9.17) is 0 Å². The van der Waals surface area contributed by atoms with Gasteiger partial charge in [0.25, 0.3) is 0 Å². The van der Waals surface area contributed by atoms with Gasteiger partial charge in [0.15, 0.2) is 0 Å². The summed E-state index contributed by atoms with van der Waals surface area (Å²) in [5.74, 6) is -0.868. The summed E-state index contributed by atoms with van der Waals surface area (Å²) in [6.45, 7) is 6.56. The van der Waals surface area contributed by atoms with Crippen molar-refractivity contribution < 1.29 is 14.7 Å². The second-order valence-electron chi connectivity index (χ2n) is 5.88. The van der Waals surface area contributed by atoms with Gasteiger partial charge in [-0.2, -0.15) is 0 Å². The van der Waals surface area contributed by atoms with Gasteiger partial charge in [0.1, 0.15) is 6.04 Å². The monoisotopic (exact) mass is 255 g/mol. The lowest BCUT2D eigenvalue weighted by atomic mass is 9.76. The Balaban J connectivity index is 2.72. The SMILES string of the molecule is CCCCCC(=O)N1CCCC(C)(C)C1C(=O)O. The predicted molar refractivity (Wildman–Crippen MR) is 70.3 cm³/mol. The topological polar surface area (TPSA) is 57.6 Å². The normalized spacial score (nSPS) is 22.8. The number of carboxylic acids is 1. The van der Waals surface area contributed by atoms with Gasteiger partial charge in [-0.3, -0.25) is 4.79 Å². The second-order valence-corrected chi connectivity index (χ2v) is 5.88. The minimum absolute atomic E-state index is 0.00336. The van der Waals surface area contributed by atoms with Gasteiger partial charge in [0, 0.05) is 13.0 Å². The molecule has 1 atom stereocenters. The summed E-state index contributed by atoms with van der Waals surface area (Å²) in [4.78, 5) is 25.1. The third kappa shape index (κ3) is 3.47. The van der Waals surface area contributed by atoms with Crippen LogP contribution < -0.4 is 0 Å². The number of carbonyl (C=O) groups excluding carboxylic acids is 1. The highest BCUT2D eigenvalue weighted by atomic mass is 16.4. The van der Waals surface area contributed by atoms with E-state index in [0.717, 1.165) is 32.1 Å². The molecule has 1 heterocycles. The van der Waals surface area contributed by atoms with Crippen molar-refractivity contribution in [2.75, 3.05) is 6.54 Å². The number of aliphatic carboxylic acids is 1. The number of carbonyl (C=O) groups is 2. The fourth-order valence-electron chi connectivity index (χ4n) is 2.80. The number of piperidine rings is 1. The van der Waals surface area contributed by atoms with E-state index in [1.807, 2.05) is 13.8 Å². The Morgan fingerprint density at radius 3 is 2.56 bits per heavy atom. The van der Waals surface area contributed by atoms with E-state index in [0.29, 0.717) is 13.0 Å². The van der Waals surface area contributed by atoms with Crippen LogP contribution in [0.1, 0.15) is 59.3 Å². The van der Waals surface area contributed by atoms with Gasteiger partial charge in [-0.25, -0.2) is 4.79 Å². The maximum absolute atomic E-state index is 12.1. The van der Waals surface area contributed by atoms with Crippen molar-refractivity contribution in [3.05, 3.63) is 0 Å². The number of carboxylic acid groups (broad SMARTS) is 1. The molecule has 18 heavy (non-hydrogen) atoms. The van der Waals surface area contributed by atoms with Crippen LogP contribution in [0.3, 0.4) is 0 Å². The van der Waals surface area contributed by atoms with Crippen LogP contribution in [0.4, 0.5) is 0 Å². The van der Waals surface area contributed by atoms with Crippen LogP contribution >= 0.6 is 0 Å². The molecule has 0 spiro atoms. The van der Waals surface area contributed by atoms with Gasteiger partial charge in [0.05, 0.1) is 0 Å². The highest BCUT2D eigenvalue weighted by Gasteiger charge is 2.44. The van der Waals surface area contributed by atoms with Gasteiger partial charge in [-0.15, -0.1) is 0 Å². The average Bonchev–Trinajstić information content (AvgIpc) is 2.26. The number of nitrogens with zero attached hydrogens (tertiary/aromatic N) is 1. The molecule has 1 saturated heterocycles. The van der Waals surface area contributed by atoms with Crippen LogP contribution in [0.25, 0.3) is 0 Å². The van der Waals surface area contributed by atoms with Gasteiger partial charge in [-0.05, 0) is 24.7 Å². The third-order valence-electron chi connectivity index (χ3n) is 3.82. The molecule has 1 aliphatic rings. The Labute approximate surface area is 109 Å². The number of hydrogen-bond acceptors (Lipinski definition) is 2. The van der Waals surface area contributed by atoms with Gasteiger partial charge >= 0.3 is 5.97 Å². The number of likely N-dealkylation sites (tertiary alicyclic amines) is 1. The summed E-state index contributed by atoms with van der Waals surface area (Å²) in [6.07, 6.45) is 5.20. The van der Waals surface area contributed by atoms with Crippen molar-refractivity contribution in [3.8, 4) is 0 Å². The van der Waals surface area contributed by atoms with E-state index >= 15 is 0 Å². The Morgan fingerprint density at radius 2 is 2.00 bits per heavy atom. The van der Waals surface area contributed by atoms with Crippen LogP contribution in [0.15, 0.2) is 0 Å². The zero-order valence-corrected chi connectivity index (χ0v) is 11.7. The lowest BCUT2D eigenvalue weighted by molar-refractivity contribution is -0.158. The summed E-state index contributed by atoms with van der Waals surface area (Å²) >= 11 is 0. The van der Waals surface area contributed by atoms with Crippen molar-refractivity contribution in [3.63, 3.8) is 0 Å². The first-order valence-electron chi connectivity index (χ1n) is 6.92. The molecule has 1 fully saturated rings. The molecular weight excluding hydrogens is 230 g/mol. The Morgan fingerprint density at radius 1 is 1.33 bits per heavy atom. The molecule has 4 nitrogen and oxygen atoms in total. The zero-order valence-electron chi connectivity index (χ0n) is 11.7. The van der Waals surface area contributed by atoms with Crippen molar-refractivity contribution in [1.82, 2.24) is 4.90 Å². The standard InChI is InChI=1S/C14H25NO3/c1-4-5-6-8-11(16)15-10-7-9-14(2,3)12(15)13(17)18/h12H,4-10H2,1-3H3,(H,17,18). The van der Waals surface area contributed by atoms with E-state index < -0.39 is 12.0 Å².